The summed E-state index contributed by atoms with van der Waals surface area (Å²) in [6.07, 6.45) is 2.11. The Balaban J connectivity index is 2.15. The van der Waals surface area contributed by atoms with E-state index in [9.17, 15) is 9.59 Å². The number of carboxylic acids is 1. The highest BCUT2D eigenvalue weighted by molar-refractivity contribution is 6.39. The van der Waals surface area contributed by atoms with Crippen LogP contribution in [0.4, 0.5) is 0 Å². The molecule has 1 unspecified atom stereocenters. The number of carbonyl (C=O) groups is 2. The van der Waals surface area contributed by atoms with Gasteiger partial charge in [-0.2, -0.15) is 0 Å². The summed E-state index contributed by atoms with van der Waals surface area (Å²) in [6.45, 7) is 0.764. The molecule has 0 amide bonds. The molecule has 16 heavy (non-hydrogen) atoms. The molecule has 0 radical (unpaired) electrons. The summed E-state index contributed by atoms with van der Waals surface area (Å²) in [5.74, 6) is -2.30. The number of ketones is 1. The quantitative estimate of drug-likeness (QED) is 0.623. The first-order valence-electron chi connectivity index (χ1n) is 5.17. The van der Waals surface area contributed by atoms with Crippen molar-refractivity contribution in [3.05, 3.63) is 35.4 Å². The van der Waals surface area contributed by atoms with Gasteiger partial charge in [-0.1, -0.05) is 24.3 Å². The van der Waals surface area contributed by atoms with E-state index in [0.29, 0.717) is 0 Å². The van der Waals surface area contributed by atoms with Crippen molar-refractivity contribution in [1.82, 2.24) is 0 Å². The maximum atomic E-state index is 11.1. The van der Waals surface area contributed by atoms with E-state index < -0.39 is 11.8 Å². The molecule has 1 atom stereocenters. The van der Waals surface area contributed by atoms with Gasteiger partial charge in [0.15, 0.2) is 0 Å². The Bertz CT molecular complexity index is 402. The van der Waals surface area contributed by atoms with Crippen LogP contribution in [0.5, 0.6) is 0 Å². The summed E-state index contributed by atoms with van der Waals surface area (Å²) < 4.78 is 5.49. The fourth-order valence-corrected chi connectivity index (χ4v) is 1.81. The highest BCUT2D eigenvalue weighted by Crippen LogP contribution is 2.28. The van der Waals surface area contributed by atoms with Crippen molar-refractivity contribution in [3.63, 3.8) is 0 Å². The second-order valence-corrected chi connectivity index (χ2v) is 3.76. The molecule has 1 aromatic rings. The van der Waals surface area contributed by atoms with Gasteiger partial charge in [0.25, 0.3) is 5.78 Å². The van der Waals surface area contributed by atoms with Gasteiger partial charge in [-0.3, -0.25) is 4.79 Å². The molecule has 1 aliphatic heterocycles. The zero-order valence-electron chi connectivity index (χ0n) is 8.68. The Hall–Kier alpha value is -1.68. The number of aliphatic carboxylic acids is 1. The molecule has 0 saturated carbocycles. The third-order valence-electron chi connectivity index (χ3n) is 2.67. The van der Waals surface area contributed by atoms with Gasteiger partial charge in [0.1, 0.15) is 0 Å². The van der Waals surface area contributed by atoms with Crippen molar-refractivity contribution >= 4 is 11.8 Å². The molecule has 4 nitrogen and oxygen atoms in total. The fourth-order valence-electron chi connectivity index (χ4n) is 1.81. The van der Waals surface area contributed by atoms with Gasteiger partial charge in [-0.25, -0.2) is 4.79 Å². The number of hydrogen-bond donors (Lipinski definition) is 1. The van der Waals surface area contributed by atoms with Crippen LogP contribution in [0.3, 0.4) is 0 Å². The molecule has 0 spiro atoms. The van der Waals surface area contributed by atoms with Crippen molar-refractivity contribution in [2.24, 2.45) is 0 Å². The first-order valence-corrected chi connectivity index (χ1v) is 5.17. The lowest BCUT2D eigenvalue weighted by molar-refractivity contribution is -0.131. The molecule has 0 aliphatic carbocycles. The van der Waals surface area contributed by atoms with Gasteiger partial charge in [0.05, 0.1) is 6.10 Å². The van der Waals surface area contributed by atoms with Gasteiger partial charge in [0.2, 0.25) is 0 Å². The molecular formula is C12H12O4. The van der Waals surface area contributed by atoms with Crippen molar-refractivity contribution in [2.45, 2.75) is 18.9 Å². The lowest BCUT2D eigenvalue weighted by Crippen LogP contribution is -2.12. The molecule has 1 N–H and O–H groups in total. The molecular weight excluding hydrogens is 208 g/mol. The average molecular weight is 220 g/mol. The summed E-state index contributed by atoms with van der Waals surface area (Å²) in [6, 6.07) is 6.58. The number of hydrogen-bond acceptors (Lipinski definition) is 3. The zero-order valence-corrected chi connectivity index (χ0v) is 8.68. The maximum absolute atomic E-state index is 11.1. The van der Waals surface area contributed by atoms with Crippen LogP contribution < -0.4 is 0 Å². The van der Waals surface area contributed by atoms with Crippen LogP contribution in [0.1, 0.15) is 34.9 Å². The van der Waals surface area contributed by atoms with Crippen LogP contribution in [0.15, 0.2) is 24.3 Å². The lowest BCUT2D eigenvalue weighted by atomic mass is 10.0. The molecule has 0 bridgehead atoms. The van der Waals surface area contributed by atoms with Gasteiger partial charge in [0, 0.05) is 12.2 Å². The van der Waals surface area contributed by atoms with E-state index in [0.717, 1.165) is 25.0 Å². The molecule has 1 saturated heterocycles. The van der Waals surface area contributed by atoms with Crippen LogP contribution in [0, 0.1) is 0 Å². The predicted octanol–water partition coefficient (Wildman–Crippen LogP) is 1.81. The monoisotopic (exact) mass is 220 g/mol. The smallest absolute Gasteiger partial charge is 0.377 e. The third-order valence-corrected chi connectivity index (χ3v) is 2.67. The van der Waals surface area contributed by atoms with E-state index in [2.05, 4.69) is 0 Å². The second kappa shape index (κ2) is 4.45. The molecule has 4 heteroatoms. The van der Waals surface area contributed by atoms with Crippen molar-refractivity contribution < 1.29 is 19.4 Å². The molecule has 0 aromatic heterocycles. The number of carbonyl (C=O) groups excluding carboxylic acids is 1. The van der Waals surface area contributed by atoms with Crippen LogP contribution >= 0.6 is 0 Å². The standard InChI is InChI=1S/C12H12O4/c13-11(12(14)15)9-5-3-8(4-6-9)10-2-1-7-16-10/h3-6,10H,1-2,7H2,(H,14,15). The molecule has 1 aromatic carbocycles. The number of ether oxygens (including phenoxy) is 1. The summed E-state index contributed by atoms with van der Waals surface area (Å²) >= 11 is 0. The maximum Gasteiger partial charge on any atom is 0.377 e. The van der Waals surface area contributed by atoms with Gasteiger partial charge >= 0.3 is 5.97 Å². The Labute approximate surface area is 92.8 Å². The summed E-state index contributed by atoms with van der Waals surface area (Å²) in [4.78, 5) is 21.6. The normalized spacial score (nSPS) is 19.6. The minimum Gasteiger partial charge on any atom is -0.475 e. The van der Waals surface area contributed by atoms with Crippen LogP contribution in [-0.2, 0) is 9.53 Å². The van der Waals surface area contributed by atoms with E-state index in [1.807, 2.05) is 0 Å². The number of Topliss-reactive ketones (excluding diaryl/α,β-unsaturated/α-hetero) is 1. The SMILES string of the molecule is O=C(O)C(=O)c1ccc(C2CCCO2)cc1. The van der Waals surface area contributed by atoms with E-state index in [4.69, 9.17) is 9.84 Å². The lowest BCUT2D eigenvalue weighted by Gasteiger charge is -2.09. The summed E-state index contributed by atoms with van der Waals surface area (Å²) in [5.41, 5.74) is 1.20. The Morgan fingerprint density at radius 3 is 2.44 bits per heavy atom. The molecule has 1 fully saturated rings. The summed E-state index contributed by atoms with van der Waals surface area (Å²) in [5, 5.41) is 8.54. The average Bonchev–Trinajstić information content (AvgIpc) is 2.81. The predicted molar refractivity (Wildman–Crippen MR) is 56.3 cm³/mol. The number of rotatable bonds is 3. The van der Waals surface area contributed by atoms with Crippen LogP contribution in [0.25, 0.3) is 0 Å². The van der Waals surface area contributed by atoms with Gasteiger partial charge in [-0.05, 0) is 18.4 Å². The Kier molecular flexibility index (Phi) is 3.01. The highest BCUT2D eigenvalue weighted by Gasteiger charge is 2.19. The topological polar surface area (TPSA) is 63.6 Å². The van der Waals surface area contributed by atoms with Gasteiger partial charge < -0.3 is 9.84 Å². The van der Waals surface area contributed by atoms with E-state index in [-0.39, 0.29) is 11.7 Å². The minimum absolute atomic E-state index is 0.0916. The van der Waals surface area contributed by atoms with Crippen molar-refractivity contribution in [3.8, 4) is 0 Å². The number of carboxylic acid groups (broad SMARTS) is 1. The molecule has 2 rings (SSSR count). The van der Waals surface area contributed by atoms with Crippen molar-refractivity contribution in [1.29, 1.82) is 0 Å². The minimum atomic E-state index is -1.43. The largest absolute Gasteiger partial charge is 0.475 e. The zero-order chi connectivity index (χ0) is 11.5. The van der Waals surface area contributed by atoms with E-state index in [1.165, 1.54) is 12.1 Å². The van der Waals surface area contributed by atoms with Crippen molar-refractivity contribution in [2.75, 3.05) is 6.61 Å². The van der Waals surface area contributed by atoms with E-state index >= 15 is 0 Å². The van der Waals surface area contributed by atoms with E-state index in [1.54, 1.807) is 12.1 Å². The first-order chi connectivity index (χ1) is 7.68. The Morgan fingerprint density at radius 1 is 1.25 bits per heavy atom. The first kappa shape index (κ1) is 10.8. The van der Waals surface area contributed by atoms with Crippen LogP contribution in [-0.4, -0.2) is 23.5 Å². The Morgan fingerprint density at radius 2 is 1.94 bits per heavy atom. The molecule has 1 heterocycles. The summed E-state index contributed by atoms with van der Waals surface area (Å²) in [7, 11) is 0. The fraction of sp³-hybridized carbons (Fsp3) is 0.333. The molecule has 84 valence electrons. The third kappa shape index (κ3) is 2.12. The van der Waals surface area contributed by atoms with Crippen LogP contribution in [0.2, 0.25) is 0 Å². The molecule has 1 aliphatic rings. The second-order valence-electron chi connectivity index (χ2n) is 3.76. The highest BCUT2D eigenvalue weighted by atomic mass is 16.5. The van der Waals surface area contributed by atoms with Gasteiger partial charge in [-0.15, -0.1) is 0 Å². The number of benzene rings is 1.